The van der Waals surface area contributed by atoms with Crippen molar-refractivity contribution in [3.05, 3.63) is 0 Å². The van der Waals surface area contributed by atoms with Gasteiger partial charge in [-0.05, 0) is 107 Å². The molecule has 0 radical (unpaired) electrons. The fraction of sp³-hybridized carbons (Fsp3) is 0.913. The molecule has 0 aromatic heterocycles. The van der Waals surface area contributed by atoms with Crippen LogP contribution in [0.2, 0.25) is 0 Å². The predicted molar refractivity (Wildman–Crippen MR) is 106 cm³/mol. The lowest BCUT2D eigenvalue weighted by molar-refractivity contribution is -0.172. The summed E-state index contributed by atoms with van der Waals surface area (Å²) in [4.78, 5) is 25.6. The van der Waals surface area contributed by atoms with Gasteiger partial charge in [-0.2, -0.15) is 0 Å². The van der Waals surface area contributed by atoms with Gasteiger partial charge in [-0.15, -0.1) is 11.6 Å². The number of halogens is 1. The van der Waals surface area contributed by atoms with Crippen LogP contribution in [0, 0.1) is 35.0 Å². The van der Waals surface area contributed by atoms with Crippen LogP contribution >= 0.6 is 11.6 Å². The molecular weight excluding hydrogens is 374 g/mol. The van der Waals surface area contributed by atoms with Crippen LogP contribution < -0.4 is 5.32 Å². The van der Waals surface area contributed by atoms with Crippen molar-refractivity contribution in [1.82, 2.24) is 5.32 Å². The number of esters is 1. The Hall–Kier alpha value is -0.770. The van der Waals surface area contributed by atoms with E-state index in [1.165, 1.54) is 25.7 Å². The lowest BCUT2D eigenvalue weighted by atomic mass is 9.49. The molecule has 8 aliphatic rings. The average molecular weight is 406 g/mol. The highest BCUT2D eigenvalue weighted by molar-refractivity contribution is 6.24. The Morgan fingerprint density at radius 1 is 0.821 bits per heavy atom. The van der Waals surface area contributed by atoms with Gasteiger partial charge in [0, 0.05) is 10.4 Å². The van der Waals surface area contributed by atoms with Crippen molar-refractivity contribution in [2.45, 2.75) is 87.5 Å². The first-order valence-electron chi connectivity index (χ1n) is 11.5. The van der Waals surface area contributed by atoms with Crippen molar-refractivity contribution in [2.75, 3.05) is 6.61 Å². The second-order valence-electron chi connectivity index (χ2n) is 11.7. The summed E-state index contributed by atoms with van der Waals surface area (Å²) in [6.45, 7) is -0.118. The number of carbonyl (C=O) groups excluding carboxylic acids is 2. The standard InChI is InChI=1S/C23H32ClNO3/c24-22-7-17-4-18(8-22)6-21(5-17,13-22)20(27)28-12-19(26)25-23-9-14-1-15(10-23)3-16(2-14)11-23/h14-18H,1-13H2,(H,25,26)/t14?,15?,16?,17-,18-,21?,22?,23?/m0/s1. The van der Waals surface area contributed by atoms with Crippen molar-refractivity contribution in [3.8, 4) is 0 Å². The molecule has 8 aliphatic carbocycles. The lowest BCUT2D eigenvalue weighted by Gasteiger charge is -2.58. The summed E-state index contributed by atoms with van der Waals surface area (Å²) in [6, 6.07) is 0. The minimum absolute atomic E-state index is 0.0148. The van der Waals surface area contributed by atoms with Crippen LogP contribution in [0.4, 0.5) is 0 Å². The molecule has 5 heteroatoms. The number of hydrogen-bond donors (Lipinski definition) is 1. The predicted octanol–water partition coefficient (Wildman–Crippen LogP) is 4.19. The Balaban J connectivity index is 1.09. The van der Waals surface area contributed by atoms with Crippen molar-refractivity contribution in [3.63, 3.8) is 0 Å². The first kappa shape index (κ1) is 18.0. The highest BCUT2D eigenvalue weighted by Gasteiger charge is 2.61. The van der Waals surface area contributed by atoms with Gasteiger partial charge in [-0.25, -0.2) is 0 Å². The molecule has 4 nitrogen and oxygen atoms in total. The number of rotatable bonds is 4. The Labute approximate surface area is 172 Å². The maximum absolute atomic E-state index is 13.0. The molecule has 28 heavy (non-hydrogen) atoms. The Morgan fingerprint density at radius 2 is 1.36 bits per heavy atom. The van der Waals surface area contributed by atoms with E-state index in [1.54, 1.807) is 0 Å². The van der Waals surface area contributed by atoms with Crippen LogP contribution in [0.5, 0.6) is 0 Å². The van der Waals surface area contributed by atoms with E-state index in [0.717, 1.165) is 69.1 Å². The molecule has 154 valence electrons. The van der Waals surface area contributed by atoms with Crippen molar-refractivity contribution in [2.24, 2.45) is 35.0 Å². The van der Waals surface area contributed by atoms with Gasteiger partial charge in [0.1, 0.15) is 0 Å². The van der Waals surface area contributed by atoms with Gasteiger partial charge in [0.15, 0.2) is 6.61 Å². The number of alkyl halides is 1. The van der Waals surface area contributed by atoms with E-state index >= 15 is 0 Å². The summed E-state index contributed by atoms with van der Waals surface area (Å²) in [5.41, 5.74) is -0.439. The van der Waals surface area contributed by atoms with E-state index in [9.17, 15) is 9.59 Å². The number of nitrogens with one attached hydrogen (secondary N) is 1. The molecule has 0 unspecified atom stereocenters. The summed E-state index contributed by atoms with van der Waals surface area (Å²) < 4.78 is 5.64. The normalized spacial score (nSPS) is 52.7. The summed E-state index contributed by atoms with van der Waals surface area (Å²) >= 11 is 6.84. The zero-order valence-electron chi connectivity index (χ0n) is 16.7. The SMILES string of the molecule is O=C(COC(=O)C12C[C@@H]3C[C@H](CC(Cl)(C3)C1)C2)NC12CC3CC(CC(C3)C1)C2. The molecule has 1 N–H and O–H groups in total. The van der Waals surface area contributed by atoms with E-state index in [4.69, 9.17) is 16.3 Å². The Morgan fingerprint density at radius 3 is 1.89 bits per heavy atom. The summed E-state index contributed by atoms with van der Waals surface area (Å²) in [5, 5.41) is 3.32. The van der Waals surface area contributed by atoms with E-state index in [-0.39, 0.29) is 28.9 Å². The second-order valence-corrected chi connectivity index (χ2v) is 12.5. The summed E-state index contributed by atoms with van der Waals surface area (Å²) in [6.07, 6.45) is 13.3. The number of amides is 1. The minimum atomic E-state index is -0.424. The largest absolute Gasteiger partial charge is 0.455 e. The molecular formula is C23H32ClNO3. The van der Waals surface area contributed by atoms with Gasteiger partial charge in [-0.3, -0.25) is 9.59 Å². The van der Waals surface area contributed by atoms with E-state index < -0.39 is 5.41 Å². The third-order valence-corrected chi connectivity index (χ3v) is 9.64. The third-order valence-electron chi connectivity index (χ3n) is 9.20. The molecule has 0 aliphatic heterocycles. The molecule has 0 spiro atoms. The van der Waals surface area contributed by atoms with Gasteiger partial charge in [-0.1, -0.05) is 0 Å². The van der Waals surface area contributed by atoms with E-state index in [2.05, 4.69) is 5.32 Å². The second kappa shape index (κ2) is 5.89. The third kappa shape index (κ3) is 2.84. The molecule has 1 amide bonds. The maximum atomic E-state index is 13.0. The van der Waals surface area contributed by atoms with Gasteiger partial charge < -0.3 is 10.1 Å². The van der Waals surface area contributed by atoms with E-state index in [1.807, 2.05) is 0 Å². The molecule has 0 aromatic rings. The number of ether oxygens (including phenoxy) is 1. The molecule has 8 bridgehead atoms. The maximum Gasteiger partial charge on any atom is 0.312 e. The lowest BCUT2D eigenvalue weighted by Crippen LogP contribution is -2.60. The van der Waals surface area contributed by atoms with Crippen LogP contribution in [-0.2, 0) is 14.3 Å². The van der Waals surface area contributed by atoms with Crippen molar-refractivity contribution < 1.29 is 14.3 Å². The molecule has 8 saturated carbocycles. The smallest absolute Gasteiger partial charge is 0.312 e. The zero-order valence-corrected chi connectivity index (χ0v) is 17.4. The minimum Gasteiger partial charge on any atom is -0.455 e. The summed E-state index contributed by atoms with van der Waals surface area (Å²) in [7, 11) is 0. The van der Waals surface area contributed by atoms with Crippen molar-refractivity contribution in [1.29, 1.82) is 0 Å². The zero-order chi connectivity index (χ0) is 19.1. The monoisotopic (exact) mass is 405 g/mol. The topological polar surface area (TPSA) is 55.4 Å². The van der Waals surface area contributed by atoms with Gasteiger partial charge >= 0.3 is 5.97 Å². The van der Waals surface area contributed by atoms with Crippen LogP contribution in [-0.4, -0.2) is 28.9 Å². The highest BCUT2D eigenvalue weighted by Crippen LogP contribution is 2.64. The first-order chi connectivity index (χ1) is 13.3. The van der Waals surface area contributed by atoms with Crippen LogP contribution in [0.3, 0.4) is 0 Å². The molecule has 8 rings (SSSR count). The molecule has 2 atom stereocenters. The molecule has 0 heterocycles. The fourth-order valence-electron chi connectivity index (χ4n) is 9.27. The van der Waals surface area contributed by atoms with Crippen molar-refractivity contribution >= 4 is 23.5 Å². The van der Waals surface area contributed by atoms with Gasteiger partial charge in [0.25, 0.3) is 5.91 Å². The molecule has 0 saturated heterocycles. The van der Waals surface area contributed by atoms with Crippen LogP contribution in [0.15, 0.2) is 0 Å². The Kier molecular flexibility index (Phi) is 3.80. The molecule has 8 fully saturated rings. The first-order valence-corrected chi connectivity index (χ1v) is 11.9. The molecule has 0 aromatic carbocycles. The number of carbonyl (C=O) groups is 2. The summed E-state index contributed by atoms with van der Waals surface area (Å²) in [5.74, 6) is 3.25. The average Bonchev–Trinajstić information content (AvgIpc) is 2.55. The fourth-order valence-corrected chi connectivity index (χ4v) is 9.96. The Bertz CT molecular complexity index is 669. The van der Waals surface area contributed by atoms with Gasteiger partial charge in [0.2, 0.25) is 0 Å². The number of hydrogen-bond acceptors (Lipinski definition) is 3. The van der Waals surface area contributed by atoms with E-state index in [0.29, 0.717) is 11.8 Å². The van der Waals surface area contributed by atoms with Crippen LogP contribution in [0.1, 0.15) is 77.0 Å². The quantitative estimate of drug-likeness (QED) is 0.563. The van der Waals surface area contributed by atoms with Gasteiger partial charge in [0.05, 0.1) is 5.41 Å². The highest BCUT2D eigenvalue weighted by atomic mass is 35.5. The van der Waals surface area contributed by atoms with Crippen LogP contribution in [0.25, 0.3) is 0 Å².